The molecular weight excluding hydrogens is 312 g/mol. The lowest BCUT2D eigenvalue weighted by atomic mass is 9.77. The minimum absolute atomic E-state index is 0.188. The minimum Gasteiger partial charge on any atom is -0.381 e. The van der Waals surface area contributed by atoms with Crippen molar-refractivity contribution >= 4 is 5.91 Å². The van der Waals surface area contributed by atoms with E-state index in [2.05, 4.69) is 47.5 Å². The van der Waals surface area contributed by atoms with E-state index in [1.807, 2.05) is 0 Å². The molecule has 2 saturated heterocycles. The molecule has 1 amide bonds. The minimum atomic E-state index is -0.188. The Morgan fingerprint density at radius 3 is 2.52 bits per heavy atom. The van der Waals surface area contributed by atoms with Gasteiger partial charge in [0.25, 0.3) is 0 Å². The SMILES string of the molecule is CCC1(C(=O)NCC2CCN(Cc3ccccc3)CC2)CCOCC1. The maximum atomic E-state index is 12.7. The first-order chi connectivity index (χ1) is 12.2. The fourth-order valence-electron chi connectivity index (χ4n) is 4.12. The molecule has 4 nitrogen and oxygen atoms in total. The van der Waals surface area contributed by atoms with E-state index in [9.17, 15) is 4.79 Å². The third kappa shape index (κ3) is 4.83. The highest BCUT2D eigenvalue weighted by molar-refractivity contribution is 5.82. The molecule has 0 bridgehead atoms. The van der Waals surface area contributed by atoms with Crippen molar-refractivity contribution in [1.82, 2.24) is 10.2 Å². The zero-order valence-electron chi connectivity index (χ0n) is 15.5. The number of nitrogens with one attached hydrogen (secondary N) is 1. The average Bonchev–Trinajstić information content (AvgIpc) is 2.68. The van der Waals surface area contributed by atoms with Crippen LogP contribution in [0.15, 0.2) is 30.3 Å². The molecule has 138 valence electrons. The van der Waals surface area contributed by atoms with Crippen LogP contribution in [0.5, 0.6) is 0 Å². The van der Waals surface area contributed by atoms with Crippen LogP contribution in [0.3, 0.4) is 0 Å². The van der Waals surface area contributed by atoms with Crippen LogP contribution in [0, 0.1) is 11.3 Å². The number of hydrogen-bond acceptors (Lipinski definition) is 3. The molecule has 0 atom stereocenters. The summed E-state index contributed by atoms with van der Waals surface area (Å²) in [6.45, 7) is 7.70. The van der Waals surface area contributed by atoms with Gasteiger partial charge in [-0.2, -0.15) is 0 Å². The summed E-state index contributed by atoms with van der Waals surface area (Å²) in [5.74, 6) is 0.870. The second-order valence-corrected chi connectivity index (χ2v) is 7.66. The van der Waals surface area contributed by atoms with Gasteiger partial charge in [0.1, 0.15) is 0 Å². The number of rotatable bonds is 6. The molecule has 1 aromatic rings. The second kappa shape index (κ2) is 8.81. The first-order valence-electron chi connectivity index (χ1n) is 9.84. The number of nitrogens with zero attached hydrogens (tertiary/aromatic N) is 1. The Hall–Kier alpha value is -1.39. The Morgan fingerprint density at radius 2 is 1.88 bits per heavy atom. The highest BCUT2D eigenvalue weighted by Gasteiger charge is 2.38. The molecule has 2 aliphatic heterocycles. The topological polar surface area (TPSA) is 41.6 Å². The fraction of sp³-hybridized carbons (Fsp3) is 0.667. The number of benzene rings is 1. The molecule has 2 fully saturated rings. The van der Waals surface area contributed by atoms with Gasteiger partial charge in [-0.3, -0.25) is 9.69 Å². The number of amides is 1. The van der Waals surface area contributed by atoms with Crippen molar-refractivity contribution in [3.8, 4) is 0 Å². The summed E-state index contributed by atoms with van der Waals surface area (Å²) < 4.78 is 5.45. The summed E-state index contributed by atoms with van der Waals surface area (Å²) in [5, 5.41) is 3.27. The number of carbonyl (C=O) groups excluding carboxylic acids is 1. The molecule has 0 aliphatic carbocycles. The lowest BCUT2D eigenvalue weighted by molar-refractivity contribution is -0.137. The van der Waals surface area contributed by atoms with Crippen molar-refractivity contribution in [2.24, 2.45) is 11.3 Å². The molecule has 4 heteroatoms. The molecule has 3 rings (SSSR count). The zero-order valence-corrected chi connectivity index (χ0v) is 15.5. The van der Waals surface area contributed by atoms with E-state index in [4.69, 9.17) is 4.74 Å². The Labute approximate surface area is 151 Å². The molecule has 25 heavy (non-hydrogen) atoms. The molecule has 2 heterocycles. The number of carbonyl (C=O) groups is 1. The maximum absolute atomic E-state index is 12.7. The van der Waals surface area contributed by atoms with Gasteiger partial charge in [-0.15, -0.1) is 0 Å². The summed E-state index contributed by atoms with van der Waals surface area (Å²) in [6.07, 6.45) is 5.00. The molecule has 0 saturated carbocycles. The van der Waals surface area contributed by atoms with Crippen LogP contribution in [-0.4, -0.2) is 43.7 Å². The summed E-state index contributed by atoms with van der Waals surface area (Å²) in [4.78, 5) is 15.2. The predicted octanol–water partition coefficient (Wildman–Crippen LogP) is 3.22. The summed E-state index contributed by atoms with van der Waals surface area (Å²) >= 11 is 0. The van der Waals surface area contributed by atoms with Crippen LogP contribution in [-0.2, 0) is 16.1 Å². The molecular formula is C21H32N2O2. The normalized spacial score (nSPS) is 21.8. The van der Waals surface area contributed by atoms with E-state index in [1.54, 1.807) is 0 Å². The number of hydrogen-bond donors (Lipinski definition) is 1. The summed E-state index contributed by atoms with van der Waals surface area (Å²) in [7, 11) is 0. The standard InChI is InChI=1S/C21H32N2O2/c1-2-21(10-14-25-15-11-21)20(24)22-16-18-8-12-23(13-9-18)17-19-6-4-3-5-7-19/h3-7,18H,2,8-17H2,1H3,(H,22,24). The molecule has 1 aromatic carbocycles. The Kier molecular flexibility index (Phi) is 6.49. The maximum Gasteiger partial charge on any atom is 0.226 e. The quantitative estimate of drug-likeness (QED) is 0.861. The average molecular weight is 344 g/mol. The third-order valence-corrected chi connectivity index (χ3v) is 6.12. The van der Waals surface area contributed by atoms with Crippen LogP contribution in [0.2, 0.25) is 0 Å². The number of piperidine rings is 1. The highest BCUT2D eigenvalue weighted by atomic mass is 16.5. The van der Waals surface area contributed by atoms with E-state index in [0.717, 1.165) is 58.7 Å². The number of likely N-dealkylation sites (tertiary alicyclic amines) is 1. The van der Waals surface area contributed by atoms with E-state index in [1.165, 1.54) is 18.4 Å². The van der Waals surface area contributed by atoms with Crippen molar-refractivity contribution in [3.05, 3.63) is 35.9 Å². The van der Waals surface area contributed by atoms with Gasteiger partial charge in [-0.05, 0) is 56.7 Å². The van der Waals surface area contributed by atoms with Crippen molar-refractivity contribution in [1.29, 1.82) is 0 Å². The van der Waals surface area contributed by atoms with Crippen LogP contribution in [0.25, 0.3) is 0 Å². The monoisotopic (exact) mass is 344 g/mol. The van der Waals surface area contributed by atoms with Crippen LogP contribution in [0.4, 0.5) is 0 Å². The van der Waals surface area contributed by atoms with Gasteiger partial charge >= 0.3 is 0 Å². The van der Waals surface area contributed by atoms with Gasteiger partial charge in [-0.1, -0.05) is 37.3 Å². The van der Waals surface area contributed by atoms with Crippen molar-refractivity contribution in [2.45, 2.75) is 45.6 Å². The Morgan fingerprint density at radius 1 is 1.20 bits per heavy atom. The van der Waals surface area contributed by atoms with E-state index >= 15 is 0 Å². The smallest absolute Gasteiger partial charge is 0.226 e. The van der Waals surface area contributed by atoms with Crippen molar-refractivity contribution in [3.63, 3.8) is 0 Å². The van der Waals surface area contributed by atoms with Gasteiger partial charge in [-0.25, -0.2) is 0 Å². The molecule has 2 aliphatic rings. The molecule has 0 spiro atoms. The van der Waals surface area contributed by atoms with Gasteiger partial charge < -0.3 is 10.1 Å². The third-order valence-electron chi connectivity index (χ3n) is 6.12. The lowest BCUT2D eigenvalue weighted by Crippen LogP contribution is -2.46. The summed E-state index contributed by atoms with van der Waals surface area (Å²) in [6, 6.07) is 10.7. The van der Waals surface area contributed by atoms with Crippen LogP contribution < -0.4 is 5.32 Å². The molecule has 0 radical (unpaired) electrons. The van der Waals surface area contributed by atoms with Gasteiger partial charge in [0.15, 0.2) is 0 Å². The second-order valence-electron chi connectivity index (χ2n) is 7.66. The Balaban J connectivity index is 1.41. The van der Waals surface area contributed by atoms with Crippen LogP contribution >= 0.6 is 0 Å². The fourth-order valence-corrected chi connectivity index (χ4v) is 4.12. The van der Waals surface area contributed by atoms with Gasteiger partial charge in [0.05, 0.1) is 5.41 Å². The first-order valence-corrected chi connectivity index (χ1v) is 9.84. The van der Waals surface area contributed by atoms with Crippen molar-refractivity contribution in [2.75, 3.05) is 32.8 Å². The van der Waals surface area contributed by atoms with Gasteiger partial charge in [0.2, 0.25) is 5.91 Å². The van der Waals surface area contributed by atoms with Crippen molar-refractivity contribution < 1.29 is 9.53 Å². The van der Waals surface area contributed by atoms with E-state index in [0.29, 0.717) is 5.92 Å². The highest BCUT2D eigenvalue weighted by Crippen LogP contribution is 2.34. The Bertz CT molecular complexity index is 532. The molecule has 0 unspecified atom stereocenters. The van der Waals surface area contributed by atoms with Crippen LogP contribution in [0.1, 0.15) is 44.6 Å². The molecule has 0 aromatic heterocycles. The molecule has 1 N–H and O–H groups in total. The van der Waals surface area contributed by atoms with E-state index < -0.39 is 0 Å². The lowest BCUT2D eigenvalue weighted by Gasteiger charge is -2.36. The van der Waals surface area contributed by atoms with E-state index in [-0.39, 0.29) is 11.3 Å². The van der Waals surface area contributed by atoms with Gasteiger partial charge in [0, 0.05) is 26.3 Å². The predicted molar refractivity (Wildman–Crippen MR) is 100 cm³/mol. The summed E-state index contributed by atoms with van der Waals surface area (Å²) in [5.41, 5.74) is 1.20. The number of ether oxygens (including phenoxy) is 1. The largest absolute Gasteiger partial charge is 0.381 e. The zero-order chi connectivity index (χ0) is 17.5. The first kappa shape index (κ1) is 18.4.